The zero-order chi connectivity index (χ0) is 19.1. The lowest BCUT2D eigenvalue weighted by atomic mass is 9.94. The largest absolute Gasteiger partial charge is 0.493 e. The summed E-state index contributed by atoms with van der Waals surface area (Å²) in [4.78, 5) is 7.25. The van der Waals surface area contributed by atoms with Gasteiger partial charge in [-0.25, -0.2) is 4.98 Å². The van der Waals surface area contributed by atoms with Gasteiger partial charge in [0.2, 0.25) is 0 Å². The van der Waals surface area contributed by atoms with Crippen LogP contribution in [0.2, 0.25) is 0 Å². The van der Waals surface area contributed by atoms with Crippen LogP contribution in [0.1, 0.15) is 44.7 Å². The molecule has 0 spiro atoms. The molecular formula is C21H30N2O3S. The molecule has 1 aromatic carbocycles. The molecule has 1 aliphatic carbocycles. The van der Waals surface area contributed by atoms with Gasteiger partial charge in [0.05, 0.1) is 26.0 Å². The van der Waals surface area contributed by atoms with E-state index < -0.39 is 0 Å². The molecule has 0 unspecified atom stereocenters. The highest BCUT2D eigenvalue weighted by molar-refractivity contribution is 7.13. The lowest BCUT2D eigenvalue weighted by Gasteiger charge is -2.33. The molecule has 0 radical (unpaired) electrons. The van der Waals surface area contributed by atoms with E-state index in [2.05, 4.69) is 10.3 Å². The predicted molar refractivity (Wildman–Crippen MR) is 110 cm³/mol. The molecule has 0 bridgehead atoms. The first-order chi connectivity index (χ1) is 13.2. The predicted octanol–water partition coefficient (Wildman–Crippen LogP) is 4.34. The van der Waals surface area contributed by atoms with Crippen LogP contribution in [0.3, 0.4) is 0 Å². The van der Waals surface area contributed by atoms with Crippen molar-refractivity contribution in [1.82, 2.24) is 9.88 Å². The van der Waals surface area contributed by atoms with Gasteiger partial charge in [-0.3, -0.25) is 4.90 Å². The zero-order valence-corrected chi connectivity index (χ0v) is 17.1. The summed E-state index contributed by atoms with van der Waals surface area (Å²) < 4.78 is 11.1. The molecule has 6 heteroatoms. The van der Waals surface area contributed by atoms with Crippen molar-refractivity contribution in [2.45, 2.75) is 51.6 Å². The van der Waals surface area contributed by atoms with Gasteiger partial charge in [0.15, 0.2) is 11.5 Å². The van der Waals surface area contributed by atoms with Gasteiger partial charge in [0, 0.05) is 30.1 Å². The molecule has 0 aliphatic heterocycles. The second-order valence-corrected chi connectivity index (χ2v) is 7.79. The fraction of sp³-hybridized carbons (Fsp3) is 0.571. The lowest BCUT2D eigenvalue weighted by molar-refractivity contribution is 0.116. The Hall–Kier alpha value is -1.63. The zero-order valence-electron chi connectivity index (χ0n) is 16.3. The van der Waals surface area contributed by atoms with E-state index in [0.29, 0.717) is 19.2 Å². The number of aliphatic hydroxyl groups excluding tert-OH is 1. The van der Waals surface area contributed by atoms with E-state index in [1.807, 2.05) is 25.1 Å². The molecule has 1 heterocycles. The monoisotopic (exact) mass is 390 g/mol. The average Bonchev–Trinajstić information content (AvgIpc) is 3.17. The first kappa shape index (κ1) is 20.1. The number of hydrogen-bond donors (Lipinski definition) is 1. The van der Waals surface area contributed by atoms with E-state index >= 15 is 0 Å². The van der Waals surface area contributed by atoms with E-state index in [1.54, 1.807) is 18.4 Å². The number of rotatable bonds is 9. The molecule has 0 amide bonds. The Morgan fingerprint density at radius 3 is 2.74 bits per heavy atom. The number of hydrogen-bond acceptors (Lipinski definition) is 6. The Kier molecular flexibility index (Phi) is 7.50. The van der Waals surface area contributed by atoms with E-state index in [9.17, 15) is 5.11 Å². The summed E-state index contributed by atoms with van der Waals surface area (Å²) >= 11 is 1.65. The minimum atomic E-state index is 0.198. The molecule has 1 aliphatic rings. The molecule has 27 heavy (non-hydrogen) atoms. The Balaban J connectivity index is 1.73. The highest BCUT2D eigenvalue weighted by atomic mass is 32.1. The van der Waals surface area contributed by atoms with Crippen LogP contribution in [-0.4, -0.2) is 47.9 Å². The Bertz CT molecular complexity index is 713. The Morgan fingerprint density at radius 2 is 2.04 bits per heavy atom. The molecule has 3 rings (SSSR count). The maximum Gasteiger partial charge on any atom is 0.161 e. The van der Waals surface area contributed by atoms with Gasteiger partial charge < -0.3 is 14.6 Å². The summed E-state index contributed by atoms with van der Waals surface area (Å²) in [5, 5.41) is 12.6. The lowest BCUT2D eigenvalue weighted by Crippen LogP contribution is -2.38. The number of ether oxygens (including phenoxy) is 2. The van der Waals surface area contributed by atoms with Crippen molar-refractivity contribution in [3.05, 3.63) is 29.3 Å². The molecule has 148 valence electrons. The van der Waals surface area contributed by atoms with Crippen LogP contribution in [0.5, 0.6) is 11.5 Å². The van der Waals surface area contributed by atoms with Crippen LogP contribution in [0, 0.1) is 0 Å². The minimum absolute atomic E-state index is 0.198. The summed E-state index contributed by atoms with van der Waals surface area (Å²) in [6.07, 6.45) is 6.38. The molecule has 0 saturated heterocycles. The molecule has 2 aromatic rings. The number of thiazole rings is 1. The van der Waals surface area contributed by atoms with Gasteiger partial charge in [-0.2, -0.15) is 0 Å². The Morgan fingerprint density at radius 1 is 1.22 bits per heavy atom. The second kappa shape index (κ2) is 10.1. The topological polar surface area (TPSA) is 54.8 Å². The first-order valence-electron chi connectivity index (χ1n) is 9.85. The van der Waals surface area contributed by atoms with Crippen LogP contribution in [-0.2, 0) is 6.54 Å². The summed E-state index contributed by atoms with van der Waals surface area (Å²) in [6.45, 7) is 4.29. The third-order valence-corrected chi connectivity index (χ3v) is 6.05. The van der Waals surface area contributed by atoms with Gasteiger partial charge in [-0.1, -0.05) is 19.3 Å². The number of methoxy groups -OCH3 is 1. The van der Waals surface area contributed by atoms with Gasteiger partial charge >= 0.3 is 0 Å². The Labute approximate surface area is 166 Å². The van der Waals surface area contributed by atoms with Crippen molar-refractivity contribution in [2.24, 2.45) is 0 Å². The maximum absolute atomic E-state index is 9.47. The molecule has 1 aromatic heterocycles. The van der Waals surface area contributed by atoms with E-state index in [-0.39, 0.29) is 6.61 Å². The molecule has 1 fully saturated rings. The van der Waals surface area contributed by atoms with Gasteiger partial charge in [0.1, 0.15) is 5.01 Å². The van der Waals surface area contributed by atoms with Crippen molar-refractivity contribution in [1.29, 1.82) is 0 Å². The molecule has 0 atom stereocenters. The van der Waals surface area contributed by atoms with Crippen molar-refractivity contribution in [3.8, 4) is 22.1 Å². The molecule has 5 nitrogen and oxygen atoms in total. The SMILES string of the molecule is CCOc1ccc(-c2nc(CN(CCO)C3CCCCC3)cs2)cc1OC. The highest BCUT2D eigenvalue weighted by Gasteiger charge is 2.22. The number of benzene rings is 1. The van der Waals surface area contributed by atoms with Crippen LogP contribution in [0.25, 0.3) is 10.6 Å². The van der Waals surface area contributed by atoms with Gasteiger partial charge in [-0.15, -0.1) is 11.3 Å². The number of nitrogens with zero attached hydrogens (tertiary/aromatic N) is 2. The third kappa shape index (κ3) is 5.21. The standard InChI is InChI=1S/C21H30N2O3S/c1-3-26-19-10-9-16(13-20(19)25-2)21-22-17(15-27-21)14-23(11-12-24)18-7-5-4-6-8-18/h9-10,13,15,18,24H,3-8,11-12,14H2,1-2H3. The molecule has 1 N–H and O–H groups in total. The van der Waals surface area contributed by atoms with Gasteiger partial charge in [0.25, 0.3) is 0 Å². The fourth-order valence-electron chi connectivity index (χ4n) is 3.76. The van der Waals surface area contributed by atoms with Crippen LogP contribution in [0.4, 0.5) is 0 Å². The van der Waals surface area contributed by atoms with Crippen molar-refractivity contribution in [2.75, 3.05) is 26.9 Å². The van der Waals surface area contributed by atoms with Crippen LogP contribution >= 0.6 is 11.3 Å². The van der Waals surface area contributed by atoms with Crippen molar-refractivity contribution >= 4 is 11.3 Å². The smallest absolute Gasteiger partial charge is 0.161 e. The summed E-state index contributed by atoms with van der Waals surface area (Å²) in [6, 6.07) is 6.53. The normalized spacial score (nSPS) is 15.3. The maximum atomic E-state index is 9.47. The first-order valence-corrected chi connectivity index (χ1v) is 10.7. The van der Waals surface area contributed by atoms with Crippen molar-refractivity contribution in [3.63, 3.8) is 0 Å². The average molecular weight is 391 g/mol. The summed E-state index contributed by atoms with van der Waals surface area (Å²) in [7, 11) is 1.66. The second-order valence-electron chi connectivity index (χ2n) is 6.93. The number of aromatic nitrogens is 1. The van der Waals surface area contributed by atoms with Crippen LogP contribution in [0.15, 0.2) is 23.6 Å². The molecule has 1 saturated carbocycles. The number of aliphatic hydroxyl groups is 1. The van der Waals surface area contributed by atoms with Crippen LogP contribution < -0.4 is 9.47 Å². The molecular weight excluding hydrogens is 360 g/mol. The summed E-state index contributed by atoms with van der Waals surface area (Å²) in [5.74, 6) is 1.49. The highest BCUT2D eigenvalue weighted by Crippen LogP contribution is 2.34. The quantitative estimate of drug-likeness (QED) is 0.690. The van der Waals surface area contributed by atoms with E-state index in [4.69, 9.17) is 14.5 Å². The third-order valence-electron chi connectivity index (χ3n) is 5.11. The van der Waals surface area contributed by atoms with E-state index in [1.165, 1.54) is 32.1 Å². The van der Waals surface area contributed by atoms with E-state index in [0.717, 1.165) is 34.3 Å². The summed E-state index contributed by atoms with van der Waals surface area (Å²) in [5.41, 5.74) is 2.11. The fourth-order valence-corrected chi connectivity index (χ4v) is 4.57. The van der Waals surface area contributed by atoms with Crippen molar-refractivity contribution < 1.29 is 14.6 Å². The minimum Gasteiger partial charge on any atom is -0.493 e. The van der Waals surface area contributed by atoms with Gasteiger partial charge in [-0.05, 0) is 38.0 Å².